The molecule has 0 saturated carbocycles. The number of benzene rings is 6. The summed E-state index contributed by atoms with van der Waals surface area (Å²) in [4.78, 5) is 2.28. The molecule has 0 amide bonds. The molecule has 0 radical (unpaired) electrons. The van der Waals surface area contributed by atoms with E-state index < -0.39 is 6.15 Å². The zero-order valence-electron chi connectivity index (χ0n) is 41.4. The lowest BCUT2D eigenvalue weighted by Crippen LogP contribution is -2.75. The molecule has 0 bridgehead atoms. The average molecular weight is 849 g/mol. The summed E-state index contributed by atoms with van der Waals surface area (Å²) in [6.45, 7) is 26.9. The minimum Gasteiger partial charge on any atom is -0.497 e. The Morgan fingerprint density at radius 1 is 0.500 bits per heavy atom. The lowest BCUT2D eigenvalue weighted by Gasteiger charge is -2.46. The van der Waals surface area contributed by atoms with Gasteiger partial charge in [0.25, 0.3) is 0 Å². The van der Waals surface area contributed by atoms with Gasteiger partial charge in [0, 0.05) is 41.6 Å². The van der Waals surface area contributed by atoms with Crippen LogP contribution >= 0.6 is 0 Å². The van der Waals surface area contributed by atoms with Gasteiger partial charge in [0.15, 0.2) is 5.71 Å². The molecule has 8 rings (SSSR count). The van der Waals surface area contributed by atoms with Crippen molar-refractivity contribution in [3.63, 3.8) is 0 Å². The first-order chi connectivity index (χ1) is 30.2. The Bertz CT molecular complexity index is 2580. The number of aryl methyl sites for hydroxylation is 8. The highest BCUT2D eigenvalue weighted by Gasteiger charge is 2.43. The predicted octanol–water partition coefficient (Wildman–Crippen LogP) is 11.1. The number of ether oxygens (including phenoxy) is 2. The second kappa shape index (κ2) is 17.5. The highest BCUT2D eigenvalue weighted by atomic mass is 16.5. The molecule has 0 spiro atoms. The van der Waals surface area contributed by atoms with Crippen LogP contribution in [-0.4, -0.2) is 44.7 Å². The second-order valence-electron chi connectivity index (χ2n) is 20.0. The quantitative estimate of drug-likeness (QED) is 0.113. The molecule has 0 aliphatic carbocycles. The number of nitrogens with zero attached hydrogens (tertiary/aromatic N) is 2. The van der Waals surface area contributed by atoms with Gasteiger partial charge in [-0.25, -0.2) is 0 Å². The normalized spacial score (nSPS) is 15.6. The maximum absolute atomic E-state index is 5.46. The fraction of sp³-hybridized carbons (Fsp3) is 0.305. The number of hydrogen-bond donors (Lipinski definition) is 0. The van der Waals surface area contributed by atoms with E-state index in [-0.39, 0.29) is 10.8 Å². The number of likely N-dealkylation sites (N-methyl/N-ethyl adjacent to an activating group) is 1. The Morgan fingerprint density at radius 2 is 0.875 bits per heavy atom. The van der Waals surface area contributed by atoms with E-state index >= 15 is 0 Å². The van der Waals surface area contributed by atoms with E-state index in [2.05, 4.69) is 222 Å². The van der Waals surface area contributed by atoms with Gasteiger partial charge in [-0.2, -0.15) is 26.4 Å². The zero-order valence-corrected chi connectivity index (χ0v) is 41.4. The average Bonchev–Trinajstić information content (AvgIpc) is 3.52. The molecule has 2 heterocycles. The summed E-state index contributed by atoms with van der Waals surface area (Å²) in [7, 11) is 7.72. The molecule has 0 unspecified atom stereocenters. The number of methoxy groups -OCH3 is 2. The molecule has 2 aliphatic heterocycles. The van der Waals surface area contributed by atoms with Crippen molar-refractivity contribution in [1.29, 1.82) is 0 Å². The molecule has 0 saturated heterocycles. The minimum atomic E-state index is -1.37. The number of rotatable bonds is 8. The monoisotopic (exact) mass is 849 g/mol. The summed E-state index contributed by atoms with van der Waals surface area (Å²) < 4.78 is 13.2. The first-order valence-electron chi connectivity index (χ1n) is 22.8. The lowest BCUT2D eigenvalue weighted by atomic mass is 9.12. The zero-order chi connectivity index (χ0) is 46.5. The van der Waals surface area contributed by atoms with Crippen LogP contribution < -0.4 is 36.2 Å². The fourth-order valence-corrected chi connectivity index (χ4v) is 11.3. The summed E-state index contributed by atoms with van der Waals surface area (Å²) >= 11 is 0. The van der Waals surface area contributed by atoms with Crippen LogP contribution in [0.25, 0.3) is 0 Å². The van der Waals surface area contributed by atoms with Crippen LogP contribution in [0, 0.1) is 55.4 Å². The van der Waals surface area contributed by atoms with Crippen molar-refractivity contribution in [2.75, 3.05) is 33.2 Å². The van der Waals surface area contributed by atoms with Crippen molar-refractivity contribution in [2.24, 2.45) is 0 Å². The van der Waals surface area contributed by atoms with Crippen molar-refractivity contribution >= 4 is 45.1 Å². The third-order valence-electron chi connectivity index (χ3n) is 14.0. The molecule has 0 N–H and O–H groups in total. The summed E-state index contributed by atoms with van der Waals surface area (Å²) in [5, 5.41) is 0. The van der Waals surface area contributed by atoms with Gasteiger partial charge in [-0.3, -0.25) is 0 Å². The van der Waals surface area contributed by atoms with Crippen molar-refractivity contribution in [2.45, 2.75) is 93.9 Å². The lowest BCUT2D eigenvalue weighted by molar-refractivity contribution is -0.401. The summed E-state index contributed by atoms with van der Waals surface area (Å²) in [5.74, 6) is 1.80. The molecule has 5 heteroatoms. The van der Waals surface area contributed by atoms with Crippen LogP contribution in [0.3, 0.4) is 0 Å². The predicted molar refractivity (Wildman–Crippen MR) is 276 cm³/mol. The first kappa shape index (κ1) is 45.9. The van der Waals surface area contributed by atoms with Gasteiger partial charge in [0.05, 0.1) is 19.6 Å². The van der Waals surface area contributed by atoms with Crippen LogP contribution in [0.5, 0.6) is 11.5 Å². The molecule has 2 aliphatic rings. The van der Waals surface area contributed by atoms with Crippen LogP contribution in [-0.2, 0) is 10.8 Å². The van der Waals surface area contributed by atoms with Crippen LogP contribution in [0.15, 0.2) is 133 Å². The van der Waals surface area contributed by atoms with Crippen molar-refractivity contribution in [1.82, 2.24) is 0 Å². The maximum atomic E-state index is 5.46. The number of anilines is 1. The summed E-state index contributed by atoms with van der Waals surface area (Å²) in [6, 6.07) is 41.1. The molecule has 0 fully saturated rings. The second-order valence-corrected chi connectivity index (χ2v) is 20.0. The Balaban J connectivity index is 0.000000192. The number of hydrogen-bond acceptors (Lipinski definition) is 3. The van der Waals surface area contributed by atoms with E-state index in [0.717, 1.165) is 11.5 Å². The van der Waals surface area contributed by atoms with Crippen molar-refractivity contribution in [3.8, 4) is 11.5 Å². The fourth-order valence-electron chi connectivity index (χ4n) is 11.3. The minimum absolute atomic E-state index is 0.0962. The van der Waals surface area contributed by atoms with Crippen LogP contribution in [0.1, 0.15) is 83.3 Å². The first-order valence-corrected chi connectivity index (χ1v) is 22.8. The molecule has 6 aromatic rings. The van der Waals surface area contributed by atoms with E-state index in [9.17, 15) is 0 Å². The Morgan fingerprint density at radius 3 is 1.27 bits per heavy atom. The third kappa shape index (κ3) is 8.38. The number of fused-ring (bicyclic) bond motifs is 2. The maximum Gasteiger partial charge on any atom is 0.209 e. The van der Waals surface area contributed by atoms with Gasteiger partial charge in [0.2, 0.25) is 5.69 Å². The van der Waals surface area contributed by atoms with Gasteiger partial charge in [0.1, 0.15) is 24.7 Å². The molecular weight excluding hydrogens is 779 g/mol. The summed E-state index contributed by atoms with van der Waals surface area (Å²) in [6.07, 6.45) is 5.31. The highest BCUT2D eigenvalue weighted by Crippen LogP contribution is 2.48. The smallest absolute Gasteiger partial charge is 0.209 e. The molecule has 0 atom stereocenters. The molecule has 0 aromatic heterocycles. The Kier molecular flexibility index (Phi) is 12.6. The largest absolute Gasteiger partial charge is 0.497 e. The van der Waals surface area contributed by atoms with E-state index in [0.29, 0.717) is 0 Å². The third-order valence-corrected chi connectivity index (χ3v) is 14.0. The van der Waals surface area contributed by atoms with E-state index in [1.807, 2.05) is 12.1 Å². The molecule has 4 nitrogen and oxygen atoms in total. The van der Waals surface area contributed by atoms with E-state index in [4.69, 9.17) is 9.47 Å². The molecule has 64 heavy (non-hydrogen) atoms. The molecular formula is C59H69BN2O2. The van der Waals surface area contributed by atoms with Gasteiger partial charge in [-0.15, -0.1) is 0 Å². The Labute approximate surface area is 384 Å². The molecule has 6 aromatic carbocycles. The van der Waals surface area contributed by atoms with Crippen molar-refractivity contribution in [3.05, 3.63) is 189 Å². The van der Waals surface area contributed by atoms with E-state index in [1.165, 1.54) is 100 Å². The van der Waals surface area contributed by atoms with Crippen LogP contribution in [0.4, 0.5) is 11.4 Å². The van der Waals surface area contributed by atoms with Gasteiger partial charge in [-0.1, -0.05) is 137 Å². The van der Waals surface area contributed by atoms with Crippen LogP contribution in [0.2, 0.25) is 0 Å². The summed E-state index contributed by atoms with van der Waals surface area (Å²) in [5.41, 5.74) is 23.5. The van der Waals surface area contributed by atoms with Gasteiger partial charge in [-0.05, 0) is 111 Å². The van der Waals surface area contributed by atoms with E-state index in [1.54, 1.807) is 14.2 Å². The van der Waals surface area contributed by atoms with Gasteiger partial charge < -0.3 is 14.4 Å². The van der Waals surface area contributed by atoms with Gasteiger partial charge >= 0.3 is 0 Å². The highest BCUT2D eigenvalue weighted by molar-refractivity contribution is 7.20. The topological polar surface area (TPSA) is 24.7 Å². The van der Waals surface area contributed by atoms with Crippen molar-refractivity contribution < 1.29 is 14.0 Å². The standard InChI is InChI=1S/C32H36B.C27H33N2O2/c1-21-9-22(2)14-29(13-21)33(30-15-23(3)10-24(4)16-30,31-17-25(5)11-26(6)18-31)32-19-27(7)12-28(8)20-32;1-26(2)20-16-18(30-7)12-14-22(20)28(5)24(26)10-9-11-25-27(3,4)21-17-19(31-8)13-15-23(21)29(25)6/h9-20H,1-8H3;9-17H,1-8H3/q-1;+1. The number of allylic oxidation sites excluding steroid dienone is 4. The Hall–Kier alpha value is -6.07. The SMILES string of the molecule is COc1ccc2c(c1)C(C)(C)C(/C=C/C=C1/N(C)c3ccc(OC)cc3C1(C)C)=[N+]2C.Cc1cc(C)cc([B-](c2cc(C)cc(C)c2)(c2cc(C)cc(C)c2)c2cc(C)cc(C)c2)c1. The molecule has 330 valence electrons.